The third-order valence-corrected chi connectivity index (χ3v) is 2.97. The molecular formula is C13H13ClN4O. The number of hydrogen-bond donors (Lipinski definition) is 2. The van der Waals surface area contributed by atoms with Crippen LogP contribution >= 0.6 is 11.6 Å². The summed E-state index contributed by atoms with van der Waals surface area (Å²) in [6.45, 7) is 2.30. The highest BCUT2D eigenvalue weighted by molar-refractivity contribution is 6.33. The molecule has 6 heteroatoms. The average molecular weight is 277 g/mol. The number of nitrogen functional groups attached to an aromatic ring is 1. The van der Waals surface area contributed by atoms with Crippen LogP contribution in [-0.4, -0.2) is 15.9 Å². The number of carbonyl (C=O) groups is 1. The highest BCUT2D eigenvalue weighted by Crippen LogP contribution is 2.16. The van der Waals surface area contributed by atoms with Crippen molar-refractivity contribution < 1.29 is 4.79 Å². The molecule has 2 heterocycles. The summed E-state index contributed by atoms with van der Waals surface area (Å²) >= 11 is 5.82. The molecule has 0 radical (unpaired) electrons. The average Bonchev–Trinajstić information content (AvgIpc) is 2.40. The molecule has 0 bridgehead atoms. The predicted octanol–water partition coefficient (Wildman–Crippen LogP) is 1.95. The van der Waals surface area contributed by atoms with E-state index in [1.807, 2.05) is 19.1 Å². The molecule has 0 saturated heterocycles. The summed E-state index contributed by atoms with van der Waals surface area (Å²) in [6.07, 6.45) is 3.08. The number of aryl methyl sites for hydroxylation is 1. The van der Waals surface area contributed by atoms with Crippen LogP contribution in [0.1, 0.15) is 21.6 Å². The van der Waals surface area contributed by atoms with Gasteiger partial charge in [-0.15, -0.1) is 0 Å². The molecule has 98 valence electrons. The topological polar surface area (TPSA) is 80.9 Å². The number of pyridine rings is 2. The van der Waals surface area contributed by atoms with E-state index in [0.717, 1.165) is 11.3 Å². The molecule has 0 aliphatic heterocycles. The zero-order valence-corrected chi connectivity index (χ0v) is 11.1. The molecule has 2 aromatic rings. The summed E-state index contributed by atoms with van der Waals surface area (Å²) in [7, 11) is 0. The second kappa shape index (κ2) is 5.67. The minimum atomic E-state index is -0.264. The third kappa shape index (κ3) is 3.20. The van der Waals surface area contributed by atoms with Gasteiger partial charge < -0.3 is 11.1 Å². The number of aromatic nitrogens is 2. The molecule has 0 aromatic carbocycles. The van der Waals surface area contributed by atoms with Crippen LogP contribution in [0.5, 0.6) is 0 Å². The van der Waals surface area contributed by atoms with Crippen LogP contribution in [0.25, 0.3) is 0 Å². The minimum Gasteiger partial charge on any atom is -0.382 e. The fourth-order valence-electron chi connectivity index (χ4n) is 1.54. The van der Waals surface area contributed by atoms with E-state index >= 15 is 0 Å². The first-order valence-corrected chi connectivity index (χ1v) is 6.05. The van der Waals surface area contributed by atoms with Gasteiger partial charge in [0.1, 0.15) is 5.82 Å². The van der Waals surface area contributed by atoms with Crippen LogP contribution in [-0.2, 0) is 6.54 Å². The summed E-state index contributed by atoms with van der Waals surface area (Å²) in [6, 6.07) is 5.28. The molecule has 0 aliphatic carbocycles. The number of nitrogens with one attached hydrogen (secondary N) is 1. The van der Waals surface area contributed by atoms with Crippen LogP contribution in [0, 0.1) is 6.92 Å². The number of hydrogen-bond acceptors (Lipinski definition) is 4. The third-order valence-electron chi connectivity index (χ3n) is 2.67. The van der Waals surface area contributed by atoms with E-state index in [-0.39, 0.29) is 16.7 Å². The molecule has 0 spiro atoms. The molecule has 2 rings (SSSR count). The fraction of sp³-hybridized carbons (Fsp3) is 0.154. The molecule has 3 N–H and O–H groups in total. The number of carbonyl (C=O) groups excluding carboxylic acids is 1. The Morgan fingerprint density at radius 2 is 2.26 bits per heavy atom. The number of halogens is 1. The van der Waals surface area contributed by atoms with Crippen molar-refractivity contribution in [3.8, 4) is 0 Å². The van der Waals surface area contributed by atoms with Crippen LogP contribution in [0.2, 0.25) is 5.02 Å². The lowest BCUT2D eigenvalue weighted by Crippen LogP contribution is -2.24. The smallest absolute Gasteiger partial charge is 0.253 e. The van der Waals surface area contributed by atoms with Crippen molar-refractivity contribution in [3.05, 3.63) is 52.4 Å². The van der Waals surface area contributed by atoms with Crippen molar-refractivity contribution in [2.24, 2.45) is 0 Å². The van der Waals surface area contributed by atoms with Gasteiger partial charge in [-0.3, -0.25) is 9.78 Å². The highest BCUT2D eigenvalue weighted by atomic mass is 35.5. The maximum absolute atomic E-state index is 11.9. The number of rotatable bonds is 3. The largest absolute Gasteiger partial charge is 0.382 e. The van der Waals surface area contributed by atoms with E-state index in [9.17, 15) is 4.79 Å². The lowest BCUT2D eigenvalue weighted by atomic mass is 10.2. The number of amides is 1. The van der Waals surface area contributed by atoms with Crippen LogP contribution < -0.4 is 11.1 Å². The van der Waals surface area contributed by atoms with E-state index in [1.54, 1.807) is 6.20 Å². The van der Waals surface area contributed by atoms with Gasteiger partial charge in [0.05, 0.1) is 22.8 Å². The monoisotopic (exact) mass is 276 g/mol. The molecule has 5 nitrogen and oxygen atoms in total. The van der Waals surface area contributed by atoms with Gasteiger partial charge in [0.25, 0.3) is 5.91 Å². The number of nitrogens with zero attached hydrogens (tertiary/aromatic N) is 2. The van der Waals surface area contributed by atoms with Gasteiger partial charge in [-0.1, -0.05) is 17.7 Å². The van der Waals surface area contributed by atoms with Crippen molar-refractivity contribution in [1.29, 1.82) is 0 Å². The van der Waals surface area contributed by atoms with Crippen LogP contribution in [0.3, 0.4) is 0 Å². The summed E-state index contributed by atoms with van der Waals surface area (Å²) in [5.41, 5.74) is 7.71. The molecule has 0 fully saturated rings. The Morgan fingerprint density at radius 1 is 1.47 bits per heavy atom. The zero-order chi connectivity index (χ0) is 13.8. The van der Waals surface area contributed by atoms with E-state index < -0.39 is 0 Å². The van der Waals surface area contributed by atoms with Gasteiger partial charge in [-0.05, 0) is 24.6 Å². The standard InChI is InChI=1S/C13H13ClN4O/c1-8-3-2-4-16-11(8)7-18-13(19)9-5-10(14)12(15)17-6-9/h2-6H,7H2,1H3,(H2,15,17)(H,18,19). The van der Waals surface area contributed by atoms with E-state index in [2.05, 4.69) is 15.3 Å². The van der Waals surface area contributed by atoms with E-state index in [1.165, 1.54) is 12.3 Å². The first kappa shape index (κ1) is 13.3. The predicted molar refractivity (Wildman–Crippen MR) is 73.8 cm³/mol. The Balaban J connectivity index is 2.05. The first-order valence-electron chi connectivity index (χ1n) is 5.67. The van der Waals surface area contributed by atoms with Gasteiger partial charge in [0, 0.05) is 12.4 Å². The number of anilines is 1. The van der Waals surface area contributed by atoms with Crippen molar-refractivity contribution in [2.75, 3.05) is 5.73 Å². The number of nitrogens with two attached hydrogens (primary N) is 1. The van der Waals surface area contributed by atoms with Crippen molar-refractivity contribution in [2.45, 2.75) is 13.5 Å². The lowest BCUT2D eigenvalue weighted by molar-refractivity contribution is 0.0950. The Labute approximate surface area is 115 Å². The van der Waals surface area contributed by atoms with Crippen molar-refractivity contribution in [1.82, 2.24) is 15.3 Å². The second-order valence-electron chi connectivity index (χ2n) is 4.04. The second-order valence-corrected chi connectivity index (χ2v) is 4.45. The molecule has 0 atom stereocenters. The van der Waals surface area contributed by atoms with Crippen molar-refractivity contribution >= 4 is 23.3 Å². The Bertz CT molecular complexity index is 615. The van der Waals surface area contributed by atoms with Gasteiger partial charge in [-0.25, -0.2) is 4.98 Å². The highest BCUT2D eigenvalue weighted by Gasteiger charge is 2.09. The fourth-order valence-corrected chi connectivity index (χ4v) is 1.71. The summed E-state index contributed by atoms with van der Waals surface area (Å²) < 4.78 is 0. The first-order chi connectivity index (χ1) is 9.08. The normalized spacial score (nSPS) is 10.2. The SMILES string of the molecule is Cc1cccnc1CNC(=O)c1cnc(N)c(Cl)c1. The Kier molecular flexibility index (Phi) is 3.97. The Hall–Kier alpha value is -2.14. The van der Waals surface area contributed by atoms with Gasteiger partial charge >= 0.3 is 0 Å². The van der Waals surface area contributed by atoms with E-state index in [4.69, 9.17) is 17.3 Å². The van der Waals surface area contributed by atoms with Crippen LogP contribution in [0.4, 0.5) is 5.82 Å². The Morgan fingerprint density at radius 3 is 2.95 bits per heavy atom. The molecule has 0 unspecified atom stereocenters. The van der Waals surface area contributed by atoms with Gasteiger partial charge in [-0.2, -0.15) is 0 Å². The molecule has 1 amide bonds. The van der Waals surface area contributed by atoms with Crippen LogP contribution in [0.15, 0.2) is 30.6 Å². The zero-order valence-electron chi connectivity index (χ0n) is 10.4. The maximum Gasteiger partial charge on any atom is 0.253 e. The molecule has 19 heavy (non-hydrogen) atoms. The molecule has 2 aromatic heterocycles. The quantitative estimate of drug-likeness (QED) is 0.898. The van der Waals surface area contributed by atoms with Crippen molar-refractivity contribution in [3.63, 3.8) is 0 Å². The molecule has 0 aliphatic rings. The summed E-state index contributed by atoms with van der Waals surface area (Å²) in [5, 5.41) is 3.03. The molecule has 0 saturated carbocycles. The van der Waals surface area contributed by atoms with Gasteiger partial charge in [0.2, 0.25) is 0 Å². The minimum absolute atomic E-state index is 0.207. The summed E-state index contributed by atoms with van der Waals surface area (Å²) in [5.74, 6) is -0.0572. The van der Waals surface area contributed by atoms with E-state index in [0.29, 0.717) is 12.1 Å². The maximum atomic E-state index is 11.9. The summed E-state index contributed by atoms with van der Waals surface area (Å²) in [4.78, 5) is 20.0. The molecular weight excluding hydrogens is 264 g/mol. The van der Waals surface area contributed by atoms with Gasteiger partial charge in [0.15, 0.2) is 0 Å². The lowest BCUT2D eigenvalue weighted by Gasteiger charge is -2.07.